The zero-order chi connectivity index (χ0) is 12.4. The van der Waals surface area contributed by atoms with E-state index in [9.17, 15) is 9.59 Å². The predicted octanol–water partition coefficient (Wildman–Crippen LogP) is 1.89. The number of nitrogens with zero attached hydrogens (tertiary/aromatic N) is 1. The molecule has 1 saturated carbocycles. The number of carboxylic acids is 1. The highest BCUT2D eigenvalue weighted by Gasteiger charge is 2.43. The van der Waals surface area contributed by atoms with Gasteiger partial charge in [0, 0.05) is 19.0 Å². The van der Waals surface area contributed by atoms with Crippen LogP contribution in [0.15, 0.2) is 0 Å². The number of carbonyl (C=O) groups is 2. The van der Waals surface area contributed by atoms with E-state index in [4.69, 9.17) is 5.11 Å². The van der Waals surface area contributed by atoms with Gasteiger partial charge in [-0.15, -0.1) is 0 Å². The Labute approximate surface area is 102 Å². The molecule has 1 aliphatic heterocycles. The summed E-state index contributed by atoms with van der Waals surface area (Å²) in [5.74, 6) is 0.205. The van der Waals surface area contributed by atoms with Crippen LogP contribution in [0, 0.1) is 11.8 Å². The minimum Gasteiger partial charge on any atom is -0.481 e. The van der Waals surface area contributed by atoms with E-state index in [1.807, 2.05) is 11.8 Å². The first-order valence-corrected chi connectivity index (χ1v) is 6.64. The Kier molecular flexibility index (Phi) is 3.69. The van der Waals surface area contributed by atoms with Gasteiger partial charge in [0.05, 0.1) is 6.42 Å². The SMILES string of the molecule is CCN1C(=O)CCC[C@H](CC(=O)O)[C@H]1C1CC1. The highest BCUT2D eigenvalue weighted by atomic mass is 16.4. The lowest BCUT2D eigenvalue weighted by Gasteiger charge is -2.34. The molecule has 0 aromatic heterocycles. The Balaban J connectivity index is 2.17. The van der Waals surface area contributed by atoms with Crippen molar-refractivity contribution < 1.29 is 14.7 Å². The first kappa shape index (κ1) is 12.4. The Bertz CT molecular complexity index is 312. The fourth-order valence-corrected chi connectivity index (χ4v) is 3.16. The van der Waals surface area contributed by atoms with Crippen LogP contribution in [0.25, 0.3) is 0 Å². The molecule has 2 atom stereocenters. The van der Waals surface area contributed by atoms with E-state index in [0.29, 0.717) is 12.3 Å². The summed E-state index contributed by atoms with van der Waals surface area (Å²) in [5.41, 5.74) is 0. The lowest BCUT2D eigenvalue weighted by atomic mass is 9.88. The lowest BCUT2D eigenvalue weighted by molar-refractivity contribution is -0.140. The van der Waals surface area contributed by atoms with E-state index in [0.717, 1.165) is 32.2 Å². The maximum atomic E-state index is 12.0. The molecular weight excluding hydrogens is 218 g/mol. The highest BCUT2D eigenvalue weighted by Crippen LogP contribution is 2.42. The van der Waals surface area contributed by atoms with Crippen LogP contribution < -0.4 is 0 Å². The second-order valence-corrected chi connectivity index (χ2v) is 5.26. The van der Waals surface area contributed by atoms with Crippen LogP contribution >= 0.6 is 0 Å². The van der Waals surface area contributed by atoms with Gasteiger partial charge in [-0.25, -0.2) is 0 Å². The van der Waals surface area contributed by atoms with Crippen molar-refractivity contribution in [2.75, 3.05) is 6.54 Å². The molecule has 4 heteroatoms. The van der Waals surface area contributed by atoms with Crippen LogP contribution in [-0.2, 0) is 9.59 Å². The molecule has 0 unspecified atom stereocenters. The summed E-state index contributed by atoms with van der Waals surface area (Å²) in [6, 6.07) is 0.186. The smallest absolute Gasteiger partial charge is 0.303 e. The quantitative estimate of drug-likeness (QED) is 0.815. The van der Waals surface area contributed by atoms with Gasteiger partial charge in [0.1, 0.15) is 0 Å². The number of carboxylic acid groups (broad SMARTS) is 1. The van der Waals surface area contributed by atoms with Gasteiger partial charge < -0.3 is 10.0 Å². The maximum Gasteiger partial charge on any atom is 0.303 e. The van der Waals surface area contributed by atoms with Gasteiger partial charge in [-0.2, -0.15) is 0 Å². The Morgan fingerprint density at radius 2 is 2.12 bits per heavy atom. The summed E-state index contributed by atoms with van der Waals surface area (Å²) in [6.07, 6.45) is 4.85. The molecule has 0 spiro atoms. The van der Waals surface area contributed by atoms with E-state index < -0.39 is 5.97 Å². The maximum absolute atomic E-state index is 12.0. The van der Waals surface area contributed by atoms with Gasteiger partial charge in [0.2, 0.25) is 5.91 Å². The minimum atomic E-state index is -0.731. The third-order valence-corrected chi connectivity index (χ3v) is 4.01. The summed E-state index contributed by atoms with van der Waals surface area (Å²) in [6.45, 7) is 2.71. The number of likely N-dealkylation sites (tertiary alicyclic amines) is 1. The third kappa shape index (κ3) is 2.79. The largest absolute Gasteiger partial charge is 0.481 e. The first-order valence-electron chi connectivity index (χ1n) is 6.64. The topological polar surface area (TPSA) is 57.6 Å². The molecule has 2 fully saturated rings. The summed E-state index contributed by atoms with van der Waals surface area (Å²) in [7, 11) is 0. The molecule has 1 aliphatic carbocycles. The summed E-state index contributed by atoms with van der Waals surface area (Å²) in [5, 5.41) is 9.00. The monoisotopic (exact) mass is 239 g/mol. The molecule has 0 bridgehead atoms. The average molecular weight is 239 g/mol. The lowest BCUT2D eigenvalue weighted by Crippen LogP contribution is -2.44. The van der Waals surface area contributed by atoms with Gasteiger partial charge >= 0.3 is 5.97 Å². The molecule has 1 heterocycles. The van der Waals surface area contributed by atoms with E-state index in [1.165, 1.54) is 0 Å². The van der Waals surface area contributed by atoms with E-state index in [-0.39, 0.29) is 24.3 Å². The molecule has 0 aromatic rings. The molecule has 17 heavy (non-hydrogen) atoms. The normalized spacial score (nSPS) is 30.2. The van der Waals surface area contributed by atoms with Crippen molar-refractivity contribution in [1.82, 2.24) is 4.90 Å². The molecule has 96 valence electrons. The second kappa shape index (κ2) is 5.07. The standard InChI is InChI=1S/C13H21NO3/c1-2-14-11(15)5-3-4-10(8-12(16)17)13(14)9-6-7-9/h9-10,13H,2-8H2,1H3,(H,16,17)/t10-,13-/m1/s1. The minimum absolute atomic E-state index is 0.159. The number of carbonyl (C=O) groups excluding carboxylic acids is 1. The number of hydrogen-bond donors (Lipinski definition) is 1. The van der Waals surface area contributed by atoms with Crippen LogP contribution in [-0.4, -0.2) is 34.5 Å². The summed E-state index contributed by atoms with van der Waals surface area (Å²) < 4.78 is 0. The first-order chi connectivity index (χ1) is 8.13. The van der Waals surface area contributed by atoms with Gasteiger partial charge in [0.25, 0.3) is 0 Å². The van der Waals surface area contributed by atoms with Crippen LogP contribution in [0.1, 0.15) is 45.4 Å². The van der Waals surface area contributed by atoms with Gasteiger partial charge in [-0.1, -0.05) is 0 Å². The number of aliphatic carboxylic acids is 1. The molecule has 0 radical (unpaired) electrons. The molecule has 1 amide bonds. The fourth-order valence-electron chi connectivity index (χ4n) is 3.16. The molecule has 4 nitrogen and oxygen atoms in total. The van der Waals surface area contributed by atoms with Crippen molar-refractivity contribution in [3.05, 3.63) is 0 Å². The number of hydrogen-bond acceptors (Lipinski definition) is 2. The van der Waals surface area contributed by atoms with Crippen molar-refractivity contribution in [2.24, 2.45) is 11.8 Å². The van der Waals surface area contributed by atoms with Crippen LogP contribution in [0.4, 0.5) is 0 Å². The highest BCUT2D eigenvalue weighted by molar-refractivity contribution is 5.77. The average Bonchev–Trinajstić information content (AvgIpc) is 3.06. The van der Waals surface area contributed by atoms with Crippen molar-refractivity contribution >= 4 is 11.9 Å². The molecule has 0 aromatic carbocycles. The predicted molar refractivity (Wildman–Crippen MR) is 63.5 cm³/mol. The van der Waals surface area contributed by atoms with Crippen molar-refractivity contribution in [2.45, 2.75) is 51.5 Å². The van der Waals surface area contributed by atoms with Gasteiger partial charge in [-0.05, 0) is 44.4 Å². The third-order valence-electron chi connectivity index (χ3n) is 4.01. The van der Waals surface area contributed by atoms with Crippen LogP contribution in [0.5, 0.6) is 0 Å². The molecule has 1 N–H and O–H groups in total. The van der Waals surface area contributed by atoms with Crippen molar-refractivity contribution in [3.8, 4) is 0 Å². The van der Waals surface area contributed by atoms with E-state index in [1.54, 1.807) is 0 Å². The van der Waals surface area contributed by atoms with Crippen LogP contribution in [0.2, 0.25) is 0 Å². The molecule has 2 aliphatic rings. The Hall–Kier alpha value is -1.06. The van der Waals surface area contributed by atoms with E-state index >= 15 is 0 Å². The van der Waals surface area contributed by atoms with Crippen LogP contribution in [0.3, 0.4) is 0 Å². The van der Waals surface area contributed by atoms with E-state index in [2.05, 4.69) is 0 Å². The van der Waals surface area contributed by atoms with Crippen molar-refractivity contribution in [1.29, 1.82) is 0 Å². The van der Waals surface area contributed by atoms with Gasteiger partial charge in [0.15, 0.2) is 0 Å². The van der Waals surface area contributed by atoms with Gasteiger partial charge in [-0.3, -0.25) is 9.59 Å². The Morgan fingerprint density at radius 3 is 2.65 bits per heavy atom. The van der Waals surface area contributed by atoms with Crippen molar-refractivity contribution in [3.63, 3.8) is 0 Å². The summed E-state index contributed by atoms with van der Waals surface area (Å²) in [4.78, 5) is 24.9. The fraction of sp³-hybridized carbons (Fsp3) is 0.846. The molecule has 1 saturated heterocycles. The molecule has 2 rings (SSSR count). The number of amides is 1. The zero-order valence-corrected chi connectivity index (χ0v) is 10.4. The zero-order valence-electron chi connectivity index (χ0n) is 10.4. The summed E-state index contributed by atoms with van der Waals surface area (Å²) >= 11 is 0. The number of rotatable bonds is 4. The molecular formula is C13H21NO3. The second-order valence-electron chi connectivity index (χ2n) is 5.26. The Morgan fingerprint density at radius 1 is 1.41 bits per heavy atom.